The maximum absolute atomic E-state index is 12.0. The first kappa shape index (κ1) is 14.1. The van der Waals surface area contributed by atoms with Gasteiger partial charge in [0.05, 0.1) is 8.81 Å². The summed E-state index contributed by atoms with van der Waals surface area (Å²) in [6.45, 7) is 0. The third-order valence-electron chi connectivity index (χ3n) is 1.98. The first-order valence-corrected chi connectivity index (χ1v) is 8.46. The highest BCUT2D eigenvalue weighted by atomic mass is 79.9. The lowest BCUT2D eigenvalue weighted by Crippen LogP contribution is -2.11. The van der Waals surface area contributed by atoms with Crippen molar-refractivity contribution >= 4 is 66.2 Å². The average Bonchev–Trinajstić information content (AvgIpc) is 2.63. The molecule has 0 saturated heterocycles. The van der Waals surface area contributed by atoms with Gasteiger partial charge in [-0.2, -0.15) is 0 Å². The fourth-order valence-electron chi connectivity index (χ4n) is 1.18. The summed E-state index contributed by atoms with van der Waals surface area (Å²) in [4.78, 5) is 0. The Kier molecular flexibility index (Phi) is 4.23. The Morgan fingerprint density at radius 2 is 1.78 bits per heavy atom. The van der Waals surface area contributed by atoms with E-state index in [1.54, 1.807) is 24.3 Å². The Bertz CT molecular complexity index is 648. The van der Waals surface area contributed by atoms with E-state index in [1.807, 2.05) is 0 Å². The maximum Gasteiger partial charge on any atom is 0.271 e. The van der Waals surface area contributed by atoms with Crippen LogP contribution >= 0.6 is 50.5 Å². The minimum Gasteiger partial charge on any atom is -0.279 e. The van der Waals surface area contributed by atoms with E-state index in [4.69, 9.17) is 23.2 Å². The standard InChI is InChI=1S/C10H6BrCl2NO2S2/c11-10-8(13)5-9(17-10)18(15,16)14-7-3-1-6(12)2-4-7/h1-5,14H. The van der Waals surface area contributed by atoms with Crippen LogP contribution in [-0.2, 0) is 10.0 Å². The van der Waals surface area contributed by atoms with Crippen LogP contribution in [0.5, 0.6) is 0 Å². The molecular weight excluding hydrogens is 381 g/mol. The maximum atomic E-state index is 12.0. The molecule has 2 aromatic rings. The molecule has 0 aliphatic heterocycles. The van der Waals surface area contributed by atoms with Crippen LogP contribution in [0.1, 0.15) is 0 Å². The van der Waals surface area contributed by atoms with Gasteiger partial charge in [0.25, 0.3) is 10.0 Å². The van der Waals surface area contributed by atoms with Gasteiger partial charge in [0.15, 0.2) is 0 Å². The SMILES string of the molecule is O=S(=O)(Nc1ccc(Cl)cc1)c1cc(Cl)c(Br)s1. The normalized spacial score (nSPS) is 11.5. The molecule has 8 heteroatoms. The molecule has 0 radical (unpaired) electrons. The van der Waals surface area contributed by atoms with Crippen LogP contribution in [0.15, 0.2) is 38.3 Å². The first-order chi connectivity index (χ1) is 8.38. The van der Waals surface area contributed by atoms with Crippen LogP contribution in [0.3, 0.4) is 0 Å². The minimum atomic E-state index is -3.62. The van der Waals surface area contributed by atoms with Crippen molar-refractivity contribution in [1.82, 2.24) is 0 Å². The molecule has 2 rings (SSSR count). The average molecular weight is 387 g/mol. The van der Waals surface area contributed by atoms with E-state index in [-0.39, 0.29) is 4.21 Å². The molecule has 0 fully saturated rings. The third-order valence-corrected chi connectivity index (χ3v) is 6.57. The van der Waals surface area contributed by atoms with Crippen LogP contribution < -0.4 is 4.72 Å². The summed E-state index contributed by atoms with van der Waals surface area (Å²) < 4.78 is 27.3. The first-order valence-electron chi connectivity index (χ1n) is 4.62. The van der Waals surface area contributed by atoms with E-state index < -0.39 is 10.0 Å². The smallest absolute Gasteiger partial charge is 0.271 e. The molecule has 18 heavy (non-hydrogen) atoms. The zero-order valence-corrected chi connectivity index (χ0v) is 13.4. The number of nitrogens with one attached hydrogen (secondary N) is 1. The molecule has 0 atom stereocenters. The summed E-state index contributed by atoms with van der Waals surface area (Å²) in [5, 5.41) is 0.913. The van der Waals surface area contributed by atoms with E-state index in [0.29, 0.717) is 19.5 Å². The van der Waals surface area contributed by atoms with E-state index >= 15 is 0 Å². The number of hydrogen-bond acceptors (Lipinski definition) is 3. The second kappa shape index (κ2) is 5.38. The molecule has 1 heterocycles. The molecule has 0 amide bonds. The Morgan fingerprint density at radius 1 is 1.17 bits per heavy atom. The Balaban J connectivity index is 2.29. The second-order valence-electron chi connectivity index (χ2n) is 3.30. The lowest BCUT2D eigenvalue weighted by Gasteiger charge is -2.05. The van der Waals surface area contributed by atoms with Crippen molar-refractivity contribution in [3.63, 3.8) is 0 Å². The van der Waals surface area contributed by atoms with E-state index in [9.17, 15) is 8.42 Å². The van der Waals surface area contributed by atoms with Gasteiger partial charge in [-0.15, -0.1) is 11.3 Å². The molecule has 1 N–H and O–H groups in total. The second-order valence-corrected chi connectivity index (χ2v) is 8.42. The molecule has 96 valence electrons. The van der Waals surface area contributed by atoms with Crippen LogP contribution in [0.25, 0.3) is 0 Å². The van der Waals surface area contributed by atoms with Crippen molar-refractivity contribution in [1.29, 1.82) is 0 Å². The van der Waals surface area contributed by atoms with Gasteiger partial charge in [-0.3, -0.25) is 4.72 Å². The zero-order chi connectivity index (χ0) is 13.3. The molecule has 0 spiro atoms. The van der Waals surface area contributed by atoms with E-state index in [2.05, 4.69) is 20.7 Å². The van der Waals surface area contributed by atoms with Crippen LogP contribution in [0.2, 0.25) is 10.0 Å². The summed E-state index contributed by atoms with van der Waals surface area (Å²) in [6.07, 6.45) is 0. The fraction of sp³-hybridized carbons (Fsp3) is 0. The third kappa shape index (κ3) is 3.19. The van der Waals surface area contributed by atoms with Gasteiger partial charge in [0, 0.05) is 10.7 Å². The van der Waals surface area contributed by atoms with Crippen molar-refractivity contribution < 1.29 is 8.42 Å². The number of sulfonamides is 1. The molecule has 0 saturated carbocycles. The Hall–Kier alpha value is -0.270. The number of hydrogen-bond donors (Lipinski definition) is 1. The van der Waals surface area contributed by atoms with Gasteiger partial charge in [-0.1, -0.05) is 23.2 Å². The quantitative estimate of drug-likeness (QED) is 0.836. The molecular formula is C10H6BrCl2NO2S2. The topological polar surface area (TPSA) is 46.2 Å². The minimum absolute atomic E-state index is 0.148. The molecule has 0 aliphatic rings. The summed E-state index contributed by atoms with van der Waals surface area (Å²) in [7, 11) is -3.62. The lowest BCUT2D eigenvalue weighted by molar-refractivity contribution is 0.603. The predicted molar refractivity (Wildman–Crippen MR) is 79.3 cm³/mol. The lowest BCUT2D eigenvalue weighted by atomic mass is 10.3. The van der Waals surface area contributed by atoms with E-state index in [0.717, 1.165) is 11.3 Å². The molecule has 3 nitrogen and oxygen atoms in total. The summed E-state index contributed by atoms with van der Waals surface area (Å²) in [5.41, 5.74) is 0.444. The van der Waals surface area contributed by atoms with Crippen molar-refractivity contribution in [2.24, 2.45) is 0 Å². The van der Waals surface area contributed by atoms with Gasteiger partial charge in [-0.05, 0) is 46.3 Å². The van der Waals surface area contributed by atoms with Crippen molar-refractivity contribution in [2.45, 2.75) is 4.21 Å². The van der Waals surface area contributed by atoms with Crippen molar-refractivity contribution in [3.8, 4) is 0 Å². The van der Waals surface area contributed by atoms with Crippen molar-refractivity contribution in [2.75, 3.05) is 4.72 Å². The zero-order valence-electron chi connectivity index (χ0n) is 8.65. The predicted octanol–water partition coefficient (Wildman–Crippen LogP) is 4.62. The van der Waals surface area contributed by atoms with Gasteiger partial charge in [0.2, 0.25) is 0 Å². The van der Waals surface area contributed by atoms with Gasteiger partial charge in [0.1, 0.15) is 4.21 Å². The number of rotatable bonds is 3. The van der Waals surface area contributed by atoms with Gasteiger partial charge < -0.3 is 0 Å². The highest BCUT2D eigenvalue weighted by molar-refractivity contribution is 9.11. The number of benzene rings is 1. The van der Waals surface area contributed by atoms with Crippen LogP contribution in [0.4, 0.5) is 5.69 Å². The molecule has 1 aromatic carbocycles. The van der Waals surface area contributed by atoms with E-state index in [1.165, 1.54) is 6.07 Å². The summed E-state index contributed by atoms with van der Waals surface area (Å²) in [6, 6.07) is 7.79. The van der Waals surface area contributed by atoms with Crippen LogP contribution in [0, 0.1) is 0 Å². The number of thiophene rings is 1. The fourth-order valence-corrected chi connectivity index (χ4v) is 4.77. The Morgan fingerprint density at radius 3 is 2.28 bits per heavy atom. The van der Waals surface area contributed by atoms with Crippen molar-refractivity contribution in [3.05, 3.63) is 44.2 Å². The largest absolute Gasteiger partial charge is 0.279 e. The molecule has 0 bridgehead atoms. The molecule has 0 aliphatic carbocycles. The molecule has 1 aromatic heterocycles. The summed E-state index contributed by atoms with van der Waals surface area (Å²) in [5.74, 6) is 0. The molecule has 0 unspecified atom stereocenters. The van der Waals surface area contributed by atoms with Crippen LogP contribution in [-0.4, -0.2) is 8.42 Å². The monoisotopic (exact) mass is 385 g/mol. The van der Waals surface area contributed by atoms with Gasteiger partial charge in [-0.25, -0.2) is 8.42 Å². The number of halogens is 3. The highest BCUT2D eigenvalue weighted by Crippen LogP contribution is 2.35. The number of anilines is 1. The van der Waals surface area contributed by atoms with Gasteiger partial charge >= 0.3 is 0 Å². The highest BCUT2D eigenvalue weighted by Gasteiger charge is 2.19. The summed E-state index contributed by atoms with van der Waals surface area (Å²) >= 11 is 15.8. The Labute approximate surface area is 127 Å².